The summed E-state index contributed by atoms with van der Waals surface area (Å²) >= 11 is 12.1. The van der Waals surface area contributed by atoms with E-state index in [4.69, 9.17) is 27.9 Å². The Balaban J connectivity index is 2.55. The summed E-state index contributed by atoms with van der Waals surface area (Å²) in [6.45, 7) is 5.99. The first-order valence-corrected chi connectivity index (χ1v) is 13.9. The summed E-state index contributed by atoms with van der Waals surface area (Å²) in [6.07, 6.45) is 0.859. The molecule has 0 fully saturated rings. The Morgan fingerprint density at radius 3 is 2.26 bits per heavy atom. The number of nitro groups is 1. The van der Waals surface area contributed by atoms with Crippen molar-refractivity contribution in [2.45, 2.75) is 45.8 Å². The second-order valence-electron chi connectivity index (χ2n) is 9.57. The maximum absolute atomic E-state index is 13.7. The van der Waals surface area contributed by atoms with Crippen LogP contribution in [0.15, 0.2) is 36.4 Å². The number of ether oxygens (including phenoxy) is 1. The molecule has 0 aliphatic heterocycles. The van der Waals surface area contributed by atoms with Crippen molar-refractivity contribution in [2.24, 2.45) is 0 Å². The summed E-state index contributed by atoms with van der Waals surface area (Å²) in [6, 6.07) is 7.08. The fourth-order valence-electron chi connectivity index (χ4n) is 3.47. The zero-order chi connectivity index (χ0) is 29.0. The van der Waals surface area contributed by atoms with E-state index in [1.165, 1.54) is 31.1 Å². The lowest BCUT2D eigenvalue weighted by Crippen LogP contribution is -2.54. The molecule has 1 atom stereocenters. The summed E-state index contributed by atoms with van der Waals surface area (Å²) in [5, 5.41) is 14.7. The lowest BCUT2D eigenvalue weighted by Gasteiger charge is -2.33. The van der Waals surface area contributed by atoms with Crippen molar-refractivity contribution in [1.82, 2.24) is 10.2 Å². The van der Waals surface area contributed by atoms with Gasteiger partial charge < -0.3 is 15.0 Å². The first-order valence-electron chi connectivity index (χ1n) is 11.3. The molecule has 2 aromatic carbocycles. The Kier molecular flexibility index (Phi) is 9.98. The zero-order valence-corrected chi connectivity index (χ0v) is 24.1. The van der Waals surface area contributed by atoms with Gasteiger partial charge in [-0.05, 0) is 51.5 Å². The van der Waals surface area contributed by atoms with Crippen LogP contribution in [0.5, 0.6) is 5.75 Å². The molecular weight excluding hydrogens is 559 g/mol. The monoisotopic (exact) mass is 588 g/mol. The summed E-state index contributed by atoms with van der Waals surface area (Å²) in [7, 11) is -2.87. The molecule has 14 heteroatoms. The van der Waals surface area contributed by atoms with Gasteiger partial charge in [-0.1, -0.05) is 29.3 Å². The van der Waals surface area contributed by atoms with E-state index in [1.54, 1.807) is 32.9 Å². The van der Waals surface area contributed by atoms with Crippen LogP contribution in [0.2, 0.25) is 10.0 Å². The van der Waals surface area contributed by atoms with Gasteiger partial charge in [0.2, 0.25) is 21.8 Å². The number of nitrogens with one attached hydrogen (secondary N) is 1. The van der Waals surface area contributed by atoms with E-state index in [0.717, 1.165) is 18.4 Å². The van der Waals surface area contributed by atoms with Gasteiger partial charge in [0.05, 0.1) is 28.3 Å². The summed E-state index contributed by atoms with van der Waals surface area (Å²) in [4.78, 5) is 38.5. The van der Waals surface area contributed by atoms with Crippen LogP contribution in [0.25, 0.3) is 0 Å². The fourth-order valence-corrected chi connectivity index (χ4v) is 4.64. The third-order valence-corrected chi connectivity index (χ3v) is 7.19. The van der Waals surface area contributed by atoms with Crippen molar-refractivity contribution < 1.29 is 27.7 Å². The molecule has 208 valence electrons. The number of halogens is 2. The van der Waals surface area contributed by atoms with Crippen LogP contribution in [-0.4, -0.2) is 61.5 Å². The molecule has 0 saturated carbocycles. The van der Waals surface area contributed by atoms with E-state index in [-0.39, 0.29) is 23.0 Å². The Morgan fingerprint density at radius 1 is 1.13 bits per heavy atom. The first kappa shape index (κ1) is 31.1. The Morgan fingerprint density at radius 2 is 1.76 bits per heavy atom. The van der Waals surface area contributed by atoms with E-state index >= 15 is 0 Å². The highest BCUT2D eigenvalue weighted by Gasteiger charge is 2.33. The van der Waals surface area contributed by atoms with Gasteiger partial charge in [-0.2, -0.15) is 0 Å². The molecule has 0 heterocycles. The van der Waals surface area contributed by atoms with E-state index in [1.807, 2.05) is 0 Å². The molecule has 0 aromatic heterocycles. The van der Waals surface area contributed by atoms with E-state index < -0.39 is 50.6 Å². The average molecular weight is 589 g/mol. The van der Waals surface area contributed by atoms with Gasteiger partial charge in [0, 0.05) is 24.2 Å². The number of carbonyl (C=O) groups is 2. The van der Waals surface area contributed by atoms with Crippen molar-refractivity contribution in [1.29, 1.82) is 0 Å². The molecule has 0 radical (unpaired) electrons. The van der Waals surface area contributed by atoms with Crippen LogP contribution in [0, 0.1) is 10.1 Å². The van der Waals surface area contributed by atoms with Gasteiger partial charge >= 0.3 is 0 Å². The molecule has 0 bridgehead atoms. The lowest BCUT2D eigenvalue weighted by atomic mass is 10.1. The molecule has 1 N–H and O–H groups in total. The molecule has 0 spiro atoms. The number of amides is 2. The number of hydrogen-bond acceptors (Lipinski definition) is 7. The minimum Gasteiger partial charge on any atom is -0.495 e. The van der Waals surface area contributed by atoms with Crippen molar-refractivity contribution in [3.63, 3.8) is 0 Å². The Hall–Kier alpha value is -3.09. The molecule has 0 aliphatic rings. The summed E-state index contributed by atoms with van der Waals surface area (Å²) < 4.78 is 31.5. The third kappa shape index (κ3) is 8.20. The SMILES string of the molecule is COc1ccc([N+](=O)[O-])cc1N(CC(=O)N(Cc1ccc(Cl)c(Cl)c1)[C@H](C)C(=O)NC(C)(C)C)S(C)(=O)=O. The number of nitrogens with zero attached hydrogens (tertiary/aromatic N) is 3. The van der Waals surface area contributed by atoms with Crippen molar-refractivity contribution >= 4 is 56.4 Å². The van der Waals surface area contributed by atoms with Crippen LogP contribution < -0.4 is 14.4 Å². The van der Waals surface area contributed by atoms with Gasteiger partial charge in [0.15, 0.2) is 0 Å². The minimum absolute atomic E-state index is 0.00313. The predicted molar refractivity (Wildman–Crippen MR) is 146 cm³/mol. The van der Waals surface area contributed by atoms with Crippen LogP contribution in [0.3, 0.4) is 0 Å². The van der Waals surface area contributed by atoms with Crippen LogP contribution in [-0.2, 0) is 26.2 Å². The number of nitro benzene ring substituents is 1. The highest BCUT2D eigenvalue weighted by Crippen LogP contribution is 2.34. The van der Waals surface area contributed by atoms with Crippen LogP contribution >= 0.6 is 23.2 Å². The van der Waals surface area contributed by atoms with Crippen molar-refractivity contribution in [3.05, 3.63) is 62.1 Å². The highest BCUT2D eigenvalue weighted by atomic mass is 35.5. The molecule has 0 saturated heterocycles. The summed E-state index contributed by atoms with van der Waals surface area (Å²) in [5.41, 5.74) is -0.646. The number of sulfonamides is 1. The molecule has 38 heavy (non-hydrogen) atoms. The second kappa shape index (κ2) is 12.2. The number of carbonyl (C=O) groups excluding carboxylic acids is 2. The lowest BCUT2D eigenvalue weighted by molar-refractivity contribution is -0.384. The maximum atomic E-state index is 13.7. The Bertz CT molecular complexity index is 1330. The first-order chi connectivity index (χ1) is 17.4. The van der Waals surface area contributed by atoms with Crippen LogP contribution in [0.1, 0.15) is 33.3 Å². The van der Waals surface area contributed by atoms with Gasteiger partial charge in [-0.25, -0.2) is 8.42 Å². The predicted octanol–water partition coefficient (Wildman–Crippen LogP) is 4.01. The number of rotatable bonds is 10. The van der Waals surface area contributed by atoms with Gasteiger partial charge in [0.25, 0.3) is 5.69 Å². The van der Waals surface area contributed by atoms with E-state index in [0.29, 0.717) is 14.9 Å². The Labute approximate surface area is 231 Å². The normalized spacial score (nSPS) is 12.4. The van der Waals surface area contributed by atoms with Gasteiger partial charge in [-0.15, -0.1) is 0 Å². The molecule has 2 aromatic rings. The largest absolute Gasteiger partial charge is 0.495 e. The smallest absolute Gasteiger partial charge is 0.271 e. The molecule has 0 unspecified atom stereocenters. The number of benzene rings is 2. The maximum Gasteiger partial charge on any atom is 0.271 e. The van der Waals surface area contributed by atoms with E-state index in [9.17, 15) is 28.1 Å². The molecule has 2 rings (SSSR count). The number of methoxy groups -OCH3 is 1. The number of hydrogen-bond donors (Lipinski definition) is 1. The fraction of sp³-hybridized carbons (Fsp3) is 0.417. The number of anilines is 1. The van der Waals surface area contributed by atoms with Crippen LogP contribution in [0.4, 0.5) is 11.4 Å². The molecule has 0 aliphatic carbocycles. The molecular formula is C24H30Cl2N4O7S. The van der Waals surface area contributed by atoms with Gasteiger partial charge in [0.1, 0.15) is 24.0 Å². The standard InChI is InChI=1S/C24H30Cl2N4O7S/c1-15(23(32)27-24(2,3)4)28(13-16-7-9-18(25)19(26)11-16)22(31)14-29(38(6,35)36)20-12-17(30(33)34)8-10-21(20)37-5/h7-12,15H,13-14H2,1-6H3,(H,27,32)/t15-/m1/s1. The average Bonchev–Trinajstić information content (AvgIpc) is 2.80. The van der Waals surface area contributed by atoms with Crippen molar-refractivity contribution in [2.75, 3.05) is 24.2 Å². The third-order valence-electron chi connectivity index (χ3n) is 5.32. The number of non-ortho nitro benzene ring substituents is 1. The second-order valence-corrected chi connectivity index (χ2v) is 12.3. The highest BCUT2D eigenvalue weighted by molar-refractivity contribution is 7.92. The van der Waals surface area contributed by atoms with Crippen molar-refractivity contribution in [3.8, 4) is 5.75 Å². The topological polar surface area (TPSA) is 139 Å². The molecule has 11 nitrogen and oxygen atoms in total. The van der Waals surface area contributed by atoms with E-state index in [2.05, 4.69) is 5.32 Å². The zero-order valence-electron chi connectivity index (χ0n) is 21.8. The quantitative estimate of drug-likeness (QED) is 0.326. The summed E-state index contributed by atoms with van der Waals surface area (Å²) in [5.74, 6) is -1.21. The minimum atomic E-state index is -4.14. The van der Waals surface area contributed by atoms with Gasteiger partial charge in [-0.3, -0.25) is 24.0 Å². The molecule has 2 amide bonds.